The number of ketones is 2. The number of aryl methyl sites for hydroxylation is 1. The minimum Gasteiger partial charge on any atom is -0.487 e. The summed E-state index contributed by atoms with van der Waals surface area (Å²) in [4.78, 5) is 37.9. The van der Waals surface area contributed by atoms with Gasteiger partial charge in [-0.25, -0.2) is 8.78 Å². The average Bonchev–Trinajstić information content (AvgIpc) is 2.88. The average molecular weight is 630 g/mol. The molecule has 1 amide bonds. The molecule has 0 aromatic heterocycles. The predicted octanol–water partition coefficient (Wildman–Crippen LogP) is 7.57. The summed E-state index contributed by atoms with van der Waals surface area (Å²) < 4.78 is 107. The molecule has 42 heavy (non-hydrogen) atoms. The normalized spacial score (nSPS) is 12.4. The summed E-state index contributed by atoms with van der Waals surface area (Å²) in [6.07, 6.45) is -14.5. The van der Waals surface area contributed by atoms with E-state index in [-0.39, 0.29) is 46.8 Å². The van der Waals surface area contributed by atoms with E-state index in [1.807, 2.05) is 0 Å². The van der Waals surface area contributed by atoms with E-state index in [9.17, 15) is 49.5 Å². The van der Waals surface area contributed by atoms with E-state index >= 15 is 0 Å². The molecule has 0 bridgehead atoms. The Morgan fingerprint density at radius 1 is 0.929 bits per heavy atom. The Bertz CT molecular complexity index is 1280. The Balaban J connectivity index is 2.21. The highest BCUT2D eigenvalue weighted by Crippen LogP contribution is 2.39. The standard InChI is InChI=1S/C28H28ClF8NO4/c1-26(2,28(35,36)37)23(40)9-6-16-4-7-20(29)18(12-16)21(39)14-17-5-8-22(42-15-24(30)31)19(13-17)25(41)38-11-3-10-27(32,33)34/h4-5,7-8,12-13,24H,3,6,9-11,14-15H2,1-2H3,(H,38,41). The summed E-state index contributed by atoms with van der Waals surface area (Å²) in [6.45, 7) is 0.151. The van der Waals surface area contributed by atoms with Gasteiger partial charge in [-0.1, -0.05) is 23.7 Å². The highest BCUT2D eigenvalue weighted by Gasteiger charge is 2.51. The fourth-order valence-electron chi connectivity index (χ4n) is 3.68. The predicted molar refractivity (Wildman–Crippen MR) is 138 cm³/mol. The first-order valence-electron chi connectivity index (χ1n) is 12.6. The van der Waals surface area contributed by atoms with Crippen LogP contribution in [0.5, 0.6) is 5.75 Å². The number of hydrogen-bond donors (Lipinski definition) is 1. The van der Waals surface area contributed by atoms with E-state index in [1.54, 1.807) is 0 Å². The Labute approximate surface area is 241 Å². The first-order valence-corrected chi connectivity index (χ1v) is 13.0. The highest BCUT2D eigenvalue weighted by atomic mass is 35.5. The van der Waals surface area contributed by atoms with Crippen LogP contribution < -0.4 is 10.1 Å². The molecule has 0 fully saturated rings. The molecule has 14 heteroatoms. The van der Waals surface area contributed by atoms with Crippen LogP contribution in [0.1, 0.15) is 65.0 Å². The summed E-state index contributed by atoms with van der Waals surface area (Å²) in [6, 6.07) is 7.82. The number of carbonyl (C=O) groups excluding carboxylic acids is 3. The van der Waals surface area contributed by atoms with Gasteiger partial charge in [-0.3, -0.25) is 14.4 Å². The van der Waals surface area contributed by atoms with Crippen LogP contribution in [-0.4, -0.2) is 49.4 Å². The zero-order valence-electron chi connectivity index (χ0n) is 22.5. The van der Waals surface area contributed by atoms with E-state index in [0.29, 0.717) is 5.56 Å². The summed E-state index contributed by atoms with van der Waals surface area (Å²) in [5.41, 5.74) is -2.24. The number of carbonyl (C=O) groups is 3. The topological polar surface area (TPSA) is 72.5 Å². The van der Waals surface area contributed by atoms with Gasteiger partial charge >= 0.3 is 12.4 Å². The molecule has 0 atom stereocenters. The minimum absolute atomic E-state index is 0.00660. The van der Waals surface area contributed by atoms with Crippen LogP contribution >= 0.6 is 11.6 Å². The monoisotopic (exact) mass is 629 g/mol. The maximum absolute atomic E-state index is 13.2. The lowest BCUT2D eigenvalue weighted by atomic mass is 9.84. The molecule has 2 aromatic carbocycles. The second kappa shape index (κ2) is 14.3. The van der Waals surface area contributed by atoms with E-state index in [4.69, 9.17) is 16.3 Å². The molecule has 0 radical (unpaired) electrons. The van der Waals surface area contributed by atoms with Crippen LogP contribution in [0.2, 0.25) is 5.02 Å². The molecule has 0 aliphatic rings. The molecule has 2 aromatic rings. The van der Waals surface area contributed by atoms with Gasteiger partial charge in [0.2, 0.25) is 0 Å². The van der Waals surface area contributed by atoms with Crippen LogP contribution in [0.4, 0.5) is 35.1 Å². The van der Waals surface area contributed by atoms with Crippen molar-refractivity contribution in [1.29, 1.82) is 0 Å². The molecule has 0 aliphatic heterocycles. The van der Waals surface area contributed by atoms with Gasteiger partial charge in [-0.05, 0) is 62.1 Å². The zero-order chi connectivity index (χ0) is 31.9. The number of Topliss-reactive ketones (excluding diaryl/α,β-unsaturated/α-hetero) is 2. The Morgan fingerprint density at radius 3 is 2.14 bits per heavy atom. The van der Waals surface area contributed by atoms with Crippen molar-refractivity contribution in [2.75, 3.05) is 13.2 Å². The number of ether oxygens (including phenoxy) is 1. The molecule has 1 N–H and O–H groups in total. The second-order valence-corrected chi connectivity index (χ2v) is 10.4. The molecule has 0 saturated heterocycles. The van der Waals surface area contributed by atoms with Crippen LogP contribution in [0.25, 0.3) is 0 Å². The van der Waals surface area contributed by atoms with E-state index in [0.717, 1.165) is 13.8 Å². The van der Waals surface area contributed by atoms with E-state index < -0.39 is 67.5 Å². The molecule has 232 valence electrons. The third-order valence-electron chi connectivity index (χ3n) is 6.32. The fraction of sp³-hybridized carbons (Fsp3) is 0.464. The lowest BCUT2D eigenvalue weighted by Gasteiger charge is -2.26. The number of alkyl halides is 8. The molecule has 5 nitrogen and oxygen atoms in total. The SMILES string of the molecule is CC(C)(C(=O)CCc1ccc(Cl)c(C(=O)Cc2ccc(OCC(F)F)c(C(=O)NCCCC(F)(F)F)c2)c1)C(F)(F)F. The number of halogens is 9. The fourth-order valence-corrected chi connectivity index (χ4v) is 3.90. The first-order chi connectivity index (χ1) is 19.3. The van der Waals surface area contributed by atoms with Crippen molar-refractivity contribution in [3.8, 4) is 5.75 Å². The van der Waals surface area contributed by atoms with Gasteiger partial charge in [0.25, 0.3) is 12.3 Å². The Hall–Kier alpha value is -3.22. The van der Waals surface area contributed by atoms with Gasteiger partial charge in [0.05, 0.1) is 10.6 Å². The molecule has 0 heterocycles. The van der Waals surface area contributed by atoms with Gasteiger partial charge in [-0.2, -0.15) is 26.3 Å². The lowest BCUT2D eigenvalue weighted by molar-refractivity contribution is -0.210. The maximum Gasteiger partial charge on any atom is 0.400 e. The van der Waals surface area contributed by atoms with Crippen molar-refractivity contribution in [1.82, 2.24) is 5.32 Å². The largest absolute Gasteiger partial charge is 0.487 e. The van der Waals surface area contributed by atoms with Gasteiger partial charge < -0.3 is 10.1 Å². The zero-order valence-corrected chi connectivity index (χ0v) is 23.3. The van der Waals surface area contributed by atoms with Gasteiger partial charge in [0.15, 0.2) is 5.78 Å². The molecule has 0 unspecified atom stereocenters. The molecular weight excluding hydrogens is 602 g/mol. The third kappa shape index (κ3) is 10.2. The molecule has 0 aliphatic carbocycles. The first kappa shape index (κ1) is 35.0. The smallest absolute Gasteiger partial charge is 0.400 e. The van der Waals surface area contributed by atoms with Crippen molar-refractivity contribution < 1.29 is 54.2 Å². The van der Waals surface area contributed by atoms with E-state index in [2.05, 4.69) is 5.32 Å². The summed E-state index contributed by atoms with van der Waals surface area (Å²) >= 11 is 6.16. The van der Waals surface area contributed by atoms with Crippen LogP contribution in [0, 0.1) is 5.41 Å². The molecule has 0 spiro atoms. The number of amides is 1. The number of rotatable bonds is 14. The van der Waals surface area contributed by atoms with Gasteiger partial charge in [0, 0.05) is 31.4 Å². The van der Waals surface area contributed by atoms with Gasteiger partial charge in [-0.15, -0.1) is 0 Å². The Morgan fingerprint density at radius 2 is 1.55 bits per heavy atom. The van der Waals surface area contributed by atoms with Gasteiger partial charge in [0.1, 0.15) is 23.6 Å². The van der Waals surface area contributed by atoms with Crippen molar-refractivity contribution in [3.05, 3.63) is 63.7 Å². The van der Waals surface area contributed by atoms with Crippen molar-refractivity contribution in [3.63, 3.8) is 0 Å². The Kier molecular flexibility index (Phi) is 11.9. The number of hydrogen-bond acceptors (Lipinski definition) is 4. The minimum atomic E-state index is -4.73. The number of nitrogens with one attached hydrogen (secondary N) is 1. The molecule has 0 saturated carbocycles. The number of benzene rings is 2. The quantitative estimate of drug-likeness (QED) is 0.133. The highest BCUT2D eigenvalue weighted by molar-refractivity contribution is 6.34. The summed E-state index contributed by atoms with van der Waals surface area (Å²) in [7, 11) is 0. The van der Waals surface area contributed by atoms with Crippen LogP contribution in [0.3, 0.4) is 0 Å². The second-order valence-electron chi connectivity index (χ2n) is 9.97. The van der Waals surface area contributed by atoms with Crippen molar-refractivity contribution >= 4 is 29.1 Å². The lowest BCUT2D eigenvalue weighted by Crippen LogP contribution is -2.39. The van der Waals surface area contributed by atoms with Crippen molar-refractivity contribution in [2.24, 2.45) is 5.41 Å². The van der Waals surface area contributed by atoms with Crippen LogP contribution in [0.15, 0.2) is 36.4 Å². The summed E-state index contributed by atoms with van der Waals surface area (Å²) in [5.74, 6) is -2.77. The molecular formula is C28H28ClF8NO4. The molecule has 2 rings (SSSR count). The van der Waals surface area contributed by atoms with E-state index in [1.165, 1.54) is 36.4 Å². The van der Waals surface area contributed by atoms with Crippen LogP contribution in [-0.2, 0) is 17.6 Å². The summed E-state index contributed by atoms with van der Waals surface area (Å²) in [5, 5.41) is 2.28. The third-order valence-corrected chi connectivity index (χ3v) is 6.65. The van der Waals surface area contributed by atoms with Crippen molar-refractivity contribution in [2.45, 2.75) is 64.7 Å². The maximum atomic E-state index is 13.2.